The summed E-state index contributed by atoms with van der Waals surface area (Å²) in [5.74, 6) is -0.238. The molecule has 3 heterocycles. The molecule has 17 atom stereocenters. The molecule has 3 aliphatic heterocycles. The van der Waals surface area contributed by atoms with Crippen molar-refractivity contribution in [3.05, 3.63) is 24.3 Å². The van der Waals surface area contributed by atoms with Crippen LogP contribution >= 0.6 is 0 Å². The van der Waals surface area contributed by atoms with Crippen LogP contribution in [0.4, 0.5) is 0 Å². The van der Waals surface area contributed by atoms with Crippen LogP contribution in [0.5, 0.6) is 0 Å². The summed E-state index contributed by atoms with van der Waals surface area (Å²) < 4.78 is 34.4. The topological polar surface area (TPSA) is 307 Å². The van der Waals surface area contributed by atoms with E-state index in [2.05, 4.69) is 43.5 Å². The van der Waals surface area contributed by atoms with Crippen molar-refractivity contribution in [2.45, 2.75) is 426 Å². The molecule has 0 aromatic heterocycles. The standard InChI is InChI=1S/C76H143NO18/c1-3-5-7-9-11-13-15-16-17-18-19-20-21-22-23-24-25-26-27-28-29-30-31-32-33-34-35-36-37-38-39-40-41-42-44-46-48-50-52-54-64(82)77-59(60(81)53-51-49-47-45-43-14-12-10-8-6-4-2)58-90-74-70(88)67(85)72(62(56-79)92-74)95-76-71(89)68(86)73(63(57-80)93-76)94-75-69(87)66(84)65(83)61(55-78)91-75/h15-16,18-19,59-63,65-76,78-81,83-89H,3-14,17,20-58H2,1-2H3,(H,77,82)/b16-15-,19-18-. The Morgan fingerprint density at radius 1 is 0.379 bits per heavy atom. The van der Waals surface area contributed by atoms with Gasteiger partial charge in [-0.2, -0.15) is 0 Å². The zero-order valence-corrected chi connectivity index (χ0v) is 59.7. The predicted octanol–water partition coefficient (Wildman–Crippen LogP) is 12.2. The first-order valence-electron chi connectivity index (χ1n) is 39.1. The third kappa shape index (κ3) is 38.8. The van der Waals surface area contributed by atoms with Gasteiger partial charge < -0.3 is 89.9 Å². The van der Waals surface area contributed by atoms with E-state index >= 15 is 0 Å². The second-order valence-electron chi connectivity index (χ2n) is 28.2. The van der Waals surface area contributed by atoms with E-state index in [1.807, 2.05) is 0 Å². The molecule has 0 aliphatic carbocycles. The van der Waals surface area contributed by atoms with Crippen LogP contribution in [-0.2, 0) is 33.2 Å². The predicted molar refractivity (Wildman–Crippen MR) is 374 cm³/mol. The highest BCUT2D eigenvalue weighted by Gasteiger charge is 2.54. The van der Waals surface area contributed by atoms with Crippen LogP contribution in [0.3, 0.4) is 0 Å². The molecule has 19 nitrogen and oxygen atoms in total. The van der Waals surface area contributed by atoms with E-state index in [9.17, 15) is 61.0 Å². The van der Waals surface area contributed by atoms with E-state index in [0.717, 1.165) is 51.4 Å². The Labute approximate surface area is 575 Å². The largest absolute Gasteiger partial charge is 0.394 e. The smallest absolute Gasteiger partial charge is 0.220 e. The van der Waals surface area contributed by atoms with Crippen molar-refractivity contribution in [1.29, 1.82) is 0 Å². The lowest BCUT2D eigenvalue weighted by Crippen LogP contribution is -2.66. The highest BCUT2D eigenvalue weighted by molar-refractivity contribution is 5.76. The number of carbonyl (C=O) groups is 1. The number of nitrogens with one attached hydrogen (secondary N) is 1. The number of carbonyl (C=O) groups excluding carboxylic acids is 1. The second kappa shape index (κ2) is 57.8. The molecule has 0 bridgehead atoms. The minimum absolute atomic E-state index is 0.238. The fourth-order valence-electron chi connectivity index (χ4n) is 13.5. The van der Waals surface area contributed by atoms with E-state index in [4.69, 9.17) is 28.4 Å². The first-order chi connectivity index (χ1) is 46.3. The lowest BCUT2D eigenvalue weighted by Gasteiger charge is -2.48. The molecule has 0 saturated carbocycles. The van der Waals surface area contributed by atoms with Gasteiger partial charge in [-0.1, -0.05) is 295 Å². The third-order valence-corrected chi connectivity index (χ3v) is 19.8. The van der Waals surface area contributed by atoms with Gasteiger partial charge >= 0.3 is 0 Å². The minimum Gasteiger partial charge on any atom is -0.394 e. The van der Waals surface area contributed by atoms with Gasteiger partial charge in [-0.05, 0) is 44.9 Å². The van der Waals surface area contributed by atoms with E-state index in [-0.39, 0.29) is 18.9 Å². The van der Waals surface area contributed by atoms with Crippen LogP contribution in [0.15, 0.2) is 24.3 Å². The number of amides is 1. The van der Waals surface area contributed by atoms with Gasteiger partial charge in [0.2, 0.25) is 5.91 Å². The molecule has 3 aliphatic rings. The van der Waals surface area contributed by atoms with Crippen LogP contribution in [0.1, 0.15) is 322 Å². The first-order valence-corrected chi connectivity index (χ1v) is 39.1. The summed E-state index contributed by atoms with van der Waals surface area (Å²) in [4.78, 5) is 13.4. The number of rotatable bonds is 62. The van der Waals surface area contributed by atoms with E-state index in [0.29, 0.717) is 12.8 Å². The van der Waals surface area contributed by atoms with Gasteiger partial charge in [-0.3, -0.25) is 4.79 Å². The number of unbranched alkanes of at least 4 members (excludes halogenated alkanes) is 42. The van der Waals surface area contributed by atoms with Crippen LogP contribution in [0.25, 0.3) is 0 Å². The van der Waals surface area contributed by atoms with Gasteiger partial charge in [0.25, 0.3) is 0 Å². The fourth-order valence-corrected chi connectivity index (χ4v) is 13.5. The zero-order valence-electron chi connectivity index (χ0n) is 59.7. The molecular formula is C76H143NO18. The summed E-state index contributed by atoms with van der Waals surface area (Å²) in [5.41, 5.74) is 0. The first kappa shape index (κ1) is 87.5. The fraction of sp³-hybridized carbons (Fsp3) is 0.934. The average molecular weight is 1360 g/mol. The van der Waals surface area contributed by atoms with Crippen molar-refractivity contribution in [3.8, 4) is 0 Å². The van der Waals surface area contributed by atoms with Crippen LogP contribution in [0, 0.1) is 0 Å². The molecule has 0 aromatic carbocycles. The van der Waals surface area contributed by atoms with E-state index in [1.165, 1.54) is 238 Å². The maximum absolute atomic E-state index is 13.4. The van der Waals surface area contributed by atoms with Gasteiger partial charge in [0.1, 0.15) is 73.2 Å². The highest BCUT2D eigenvalue weighted by Crippen LogP contribution is 2.33. The van der Waals surface area contributed by atoms with Gasteiger partial charge in [0.15, 0.2) is 18.9 Å². The maximum atomic E-state index is 13.4. The van der Waals surface area contributed by atoms with Gasteiger partial charge in [-0.25, -0.2) is 0 Å². The summed E-state index contributed by atoms with van der Waals surface area (Å²) in [7, 11) is 0. The second-order valence-corrected chi connectivity index (χ2v) is 28.2. The van der Waals surface area contributed by atoms with Crippen molar-refractivity contribution >= 4 is 5.91 Å². The molecule has 19 heteroatoms. The molecule has 3 fully saturated rings. The Kier molecular flexibility index (Phi) is 53.3. The quantitative estimate of drug-likeness (QED) is 0.0199. The highest BCUT2D eigenvalue weighted by atomic mass is 16.8. The Bertz CT molecular complexity index is 1810. The normalized spacial score (nSPS) is 27.3. The number of aliphatic hydroxyl groups is 11. The molecule has 3 rings (SSSR count). The summed E-state index contributed by atoms with van der Waals surface area (Å²) in [6, 6.07) is -0.883. The van der Waals surface area contributed by atoms with Gasteiger partial charge in [-0.15, -0.1) is 0 Å². The van der Waals surface area contributed by atoms with Crippen LogP contribution in [0.2, 0.25) is 0 Å². The van der Waals surface area contributed by atoms with Crippen molar-refractivity contribution in [2.75, 3.05) is 26.4 Å². The summed E-state index contributed by atoms with van der Waals surface area (Å²) in [6.07, 6.45) is 41.7. The van der Waals surface area contributed by atoms with E-state index in [1.54, 1.807) is 0 Å². The van der Waals surface area contributed by atoms with Crippen molar-refractivity contribution < 1.29 is 89.4 Å². The monoisotopic (exact) mass is 1360 g/mol. The third-order valence-electron chi connectivity index (χ3n) is 19.8. The van der Waals surface area contributed by atoms with Crippen LogP contribution < -0.4 is 5.32 Å². The Balaban J connectivity index is 1.26. The summed E-state index contributed by atoms with van der Waals surface area (Å²) >= 11 is 0. The number of hydrogen-bond acceptors (Lipinski definition) is 18. The lowest BCUT2D eigenvalue weighted by atomic mass is 9.96. The molecule has 12 N–H and O–H groups in total. The Hall–Kier alpha value is -1.73. The maximum Gasteiger partial charge on any atom is 0.220 e. The van der Waals surface area contributed by atoms with E-state index < -0.39 is 124 Å². The summed E-state index contributed by atoms with van der Waals surface area (Å²) in [6.45, 7) is 1.80. The number of hydrogen-bond donors (Lipinski definition) is 12. The van der Waals surface area contributed by atoms with Crippen LogP contribution in [-0.4, -0.2) is 193 Å². The van der Waals surface area contributed by atoms with Crippen molar-refractivity contribution in [2.24, 2.45) is 0 Å². The lowest BCUT2D eigenvalue weighted by molar-refractivity contribution is -0.379. The molecule has 0 spiro atoms. The number of ether oxygens (including phenoxy) is 6. The molecule has 95 heavy (non-hydrogen) atoms. The molecule has 1 amide bonds. The molecule has 0 radical (unpaired) electrons. The molecular weight excluding hydrogens is 1210 g/mol. The number of aliphatic hydroxyl groups excluding tert-OH is 11. The van der Waals surface area contributed by atoms with Crippen molar-refractivity contribution in [3.63, 3.8) is 0 Å². The molecule has 3 saturated heterocycles. The van der Waals surface area contributed by atoms with Gasteiger partial charge in [0.05, 0.1) is 38.6 Å². The SMILES string of the molecule is CCCCCCC/C=C\C/C=C\CCCCCCCCCCCCCCCCCCCCCCCCCCCCCC(=O)NC(COC1OC(CO)C(OC2OC(CO)C(OC3OC(CO)C(O)C(O)C3O)C(O)C2O)C(O)C1O)C(O)CCCCCCCCCCCCC. The molecule has 17 unspecified atom stereocenters. The molecule has 560 valence electrons. The zero-order chi connectivity index (χ0) is 68.9. The number of allylic oxidation sites excluding steroid dienone is 4. The Morgan fingerprint density at radius 2 is 0.695 bits per heavy atom. The molecule has 0 aromatic rings. The average Bonchev–Trinajstić information content (AvgIpc) is 0.787. The Morgan fingerprint density at radius 3 is 1.07 bits per heavy atom. The van der Waals surface area contributed by atoms with Gasteiger partial charge in [0, 0.05) is 6.42 Å². The van der Waals surface area contributed by atoms with Crippen molar-refractivity contribution in [1.82, 2.24) is 5.32 Å². The summed E-state index contributed by atoms with van der Waals surface area (Å²) in [5, 5.41) is 121. The minimum atomic E-state index is -1.97.